The SMILES string of the molecule is c1ccc(-c2cc(-c3ccccc3)nc(-c3ccc4c(c3)CCc3cc(-c5nc(-c6ccccc6)cc(-c6ccccc6)n5)ccc3-4)n2)cc1. The molecule has 4 heteroatoms. The maximum absolute atomic E-state index is 5.07. The largest absolute Gasteiger partial charge is 0.228 e. The average molecular weight is 641 g/mol. The summed E-state index contributed by atoms with van der Waals surface area (Å²) in [6, 6.07) is 58.9. The fraction of sp³-hybridized carbons (Fsp3) is 0.0435. The first-order chi connectivity index (χ1) is 24.7. The summed E-state index contributed by atoms with van der Waals surface area (Å²) in [5.74, 6) is 1.47. The molecule has 9 rings (SSSR count). The van der Waals surface area contributed by atoms with E-state index in [9.17, 15) is 0 Å². The second-order valence-electron chi connectivity index (χ2n) is 12.6. The Bertz CT molecular complexity index is 2170. The summed E-state index contributed by atoms with van der Waals surface area (Å²) in [6.07, 6.45) is 1.87. The highest BCUT2D eigenvalue weighted by Crippen LogP contribution is 2.38. The zero-order valence-corrected chi connectivity index (χ0v) is 27.4. The van der Waals surface area contributed by atoms with E-state index in [1.54, 1.807) is 0 Å². The normalized spacial score (nSPS) is 11.8. The molecule has 0 saturated carbocycles. The monoisotopic (exact) mass is 640 g/mol. The number of aryl methyl sites for hydroxylation is 2. The molecule has 0 bridgehead atoms. The van der Waals surface area contributed by atoms with Gasteiger partial charge in [0.25, 0.3) is 0 Å². The lowest BCUT2D eigenvalue weighted by molar-refractivity contribution is 0.941. The summed E-state index contributed by atoms with van der Waals surface area (Å²) in [7, 11) is 0. The number of hydrogen-bond donors (Lipinski definition) is 0. The molecule has 0 N–H and O–H groups in total. The highest BCUT2D eigenvalue weighted by Gasteiger charge is 2.20. The van der Waals surface area contributed by atoms with E-state index in [1.165, 1.54) is 22.3 Å². The molecule has 4 nitrogen and oxygen atoms in total. The van der Waals surface area contributed by atoms with Gasteiger partial charge in [-0.15, -0.1) is 0 Å². The van der Waals surface area contributed by atoms with E-state index in [0.717, 1.165) is 80.6 Å². The highest BCUT2D eigenvalue weighted by atomic mass is 14.9. The smallest absolute Gasteiger partial charge is 0.160 e. The molecule has 8 aromatic rings. The summed E-state index contributed by atoms with van der Waals surface area (Å²) in [4.78, 5) is 20.3. The van der Waals surface area contributed by atoms with Crippen molar-refractivity contribution in [3.8, 4) is 78.9 Å². The summed E-state index contributed by atoms with van der Waals surface area (Å²) >= 11 is 0. The van der Waals surface area contributed by atoms with Crippen molar-refractivity contribution in [2.24, 2.45) is 0 Å². The summed E-state index contributed by atoms with van der Waals surface area (Å²) in [5, 5.41) is 0. The lowest BCUT2D eigenvalue weighted by Gasteiger charge is -2.21. The van der Waals surface area contributed by atoms with Crippen LogP contribution in [-0.2, 0) is 12.8 Å². The second-order valence-corrected chi connectivity index (χ2v) is 12.6. The number of rotatable bonds is 6. The predicted molar refractivity (Wildman–Crippen MR) is 203 cm³/mol. The maximum Gasteiger partial charge on any atom is 0.160 e. The molecule has 0 unspecified atom stereocenters. The van der Waals surface area contributed by atoms with Gasteiger partial charge in [-0.1, -0.05) is 146 Å². The average Bonchev–Trinajstić information content (AvgIpc) is 3.21. The molecular formula is C46H32N4. The molecule has 50 heavy (non-hydrogen) atoms. The van der Waals surface area contributed by atoms with Gasteiger partial charge >= 0.3 is 0 Å². The van der Waals surface area contributed by atoms with Gasteiger partial charge in [0, 0.05) is 33.4 Å². The number of hydrogen-bond acceptors (Lipinski definition) is 4. The van der Waals surface area contributed by atoms with Gasteiger partial charge < -0.3 is 0 Å². The van der Waals surface area contributed by atoms with E-state index in [4.69, 9.17) is 19.9 Å². The topological polar surface area (TPSA) is 51.6 Å². The third-order valence-electron chi connectivity index (χ3n) is 9.41. The third-order valence-corrected chi connectivity index (χ3v) is 9.41. The molecule has 0 saturated heterocycles. The lowest BCUT2D eigenvalue weighted by Crippen LogP contribution is -2.05. The van der Waals surface area contributed by atoms with E-state index in [1.807, 2.05) is 24.3 Å². The Morgan fingerprint density at radius 2 is 0.580 bits per heavy atom. The molecule has 1 aliphatic rings. The van der Waals surface area contributed by atoms with Gasteiger partial charge in [0.1, 0.15) is 0 Å². The van der Waals surface area contributed by atoms with Gasteiger partial charge in [-0.25, -0.2) is 19.9 Å². The van der Waals surface area contributed by atoms with Crippen LogP contribution in [0.25, 0.3) is 78.9 Å². The summed E-state index contributed by atoms with van der Waals surface area (Å²) in [5.41, 5.74) is 15.2. The van der Waals surface area contributed by atoms with E-state index in [0.29, 0.717) is 0 Å². The van der Waals surface area contributed by atoms with Crippen LogP contribution in [0.4, 0.5) is 0 Å². The van der Waals surface area contributed by atoms with Gasteiger partial charge in [-0.3, -0.25) is 0 Å². The van der Waals surface area contributed by atoms with Gasteiger partial charge in [-0.2, -0.15) is 0 Å². The Labute approximate surface area is 291 Å². The van der Waals surface area contributed by atoms with Gasteiger partial charge in [-0.05, 0) is 59.4 Å². The number of benzene rings is 6. The quantitative estimate of drug-likeness (QED) is 0.181. The fourth-order valence-corrected chi connectivity index (χ4v) is 6.85. The molecular weight excluding hydrogens is 609 g/mol. The van der Waals surface area contributed by atoms with Crippen LogP contribution in [0.1, 0.15) is 11.1 Å². The minimum absolute atomic E-state index is 0.735. The molecule has 1 aliphatic carbocycles. The van der Waals surface area contributed by atoms with Crippen LogP contribution >= 0.6 is 0 Å². The van der Waals surface area contributed by atoms with Crippen molar-refractivity contribution in [1.82, 2.24) is 19.9 Å². The van der Waals surface area contributed by atoms with Crippen LogP contribution in [0.15, 0.2) is 170 Å². The summed E-state index contributed by atoms with van der Waals surface area (Å²) < 4.78 is 0. The van der Waals surface area contributed by atoms with Gasteiger partial charge in [0.2, 0.25) is 0 Å². The van der Waals surface area contributed by atoms with Crippen molar-refractivity contribution in [3.63, 3.8) is 0 Å². The van der Waals surface area contributed by atoms with Crippen molar-refractivity contribution >= 4 is 0 Å². The van der Waals surface area contributed by atoms with Crippen LogP contribution in [0.3, 0.4) is 0 Å². The highest BCUT2D eigenvalue weighted by molar-refractivity contribution is 5.80. The predicted octanol–water partition coefficient (Wildman–Crippen LogP) is 11.0. The summed E-state index contributed by atoms with van der Waals surface area (Å²) in [6.45, 7) is 0. The van der Waals surface area contributed by atoms with Crippen molar-refractivity contribution in [2.75, 3.05) is 0 Å². The van der Waals surface area contributed by atoms with Crippen molar-refractivity contribution in [2.45, 2.75) is 12.8 Å². The zero-order valence-electron chi connectivity index (χ0n) is 27.4. The van der Waals surface area contributed by atoms with Crippen LogP contribution in [0.5, 0.6) is 0 Å². The zero-order chi connectivity index (χ0) is 33.3. The molecule has 0 atom stereocenters. The Morgan fingerprint density at radius 3 is 0.880 bits per heavy atom. The Hall–Kier alpha value is -6.52. The first-order valence-corrected chi connectivity index (χ1v) is 17.0. The van der Waals surface area contributed by atoms with Gasteiger partial charge in [0.05, 0.1) is 22.8 Å². The van der Waals surface area contributed by atoms with Crippen molar-refractivity contribution in [3.05, 3.63) is 181 Å². The van der Waals surface area contributed by atoms with Crippen LogP contribution in [0.2, 0.25) is 0 Å². The lowest BCUT2D eigenvalue weighted by atomic mass is 9.84. The van der Waals surface area contributed by atoms with E-state index < -0.39 is 0 Å². The standard InChI is InChI=1S/C46H32N4/c1-5-13-31(14-6-1)41-29-42(32-15-7-2-8-16-32)48-45(47-41)37-23-25-39-35(27-37)21-22-36-28-38(24-26-40(36)39)46-49-43(33-17-9-3-10-18-33)30-44(50-46)34-19-11-4-12-20-34/h1-20,23-30H,21-22H2. The molecule has 0 amide bonds. The first kappa shape index (κ1) is 29.6. The Morgan fingerprint density at radius 1 is 0.280 bits per heavy atom. The molecule has 0 radical (unpaired) electrons. The first-order valence-electron chi connectivity index (χ1n) is 17.0. The second kappa shape index (κ2) is 12.8. The Balaban J connectivity index is 1.09. The fourth-order valence-electron chi connectivity index (χ4n) is 6.85. The van der Waals surface area contributed by atoms with Crippen molar-refractivity contribution < 1.29 is 0 Å². The number of nitrogens with zero attached hydrogens (tertiary/aromatic N) is 4. The molecule has 0 aliphatic heterocycles. The minimum Gasteiger partial charge on any atom is -0.228 e. The molecule has 2 aromatic heterocycles. The Kier molecular flexibility index (Phi) is 7.60. The van der Waals surface area contributed by atoms with Crippen LogP contribution in [-0.4, -0.2) is 19.9 Å². The number of fused-ring (bicyclic) bond motifs is 3. The molecule has 2 heterocycles. The van der Waals surface area contributed by atoms with Crippen molar-refractivity contribution in [1.29, 1.82) is 0 Å². The number of aromatic nitrogens is 4. The van der Waals surface area contributed by atoms with Gasteiger partial charge in [0.15, 0.2) is 11.6 Å². The third kappa shape index (κ3) is 5.78. The van der Waals surface area contributed by atoms with Crippen LogP contribution < -0.4 is 0 Å². The molecule has 0 spiro atoms. The molecule has 0 fully saturated rings. The maximum atomic E-state index is 5.07. The van der Waals surface area contributed by atoms with E-state index >= 15 is 0 Å². The molecule has 236 valence electrons. The van der Waals surface area contributed by atoms with E-state index in [2.05, 4.69) is 146 Å². The molecule has 6 aromatic carbocycles. The van der Waals surface area contributed by atoms with E-state index in [-0.39, 0.29) is 0 Å². The minimum atomic E-state index is 0.735. The van der Waals surface area contributed by atoms with Crippen LogP contribution in [0, 0.1) is 0 Å².